The van der Waals surface area contributed by atoms with Crippen molar-refractivity contribution in [2.24, 2.45) is 0 Å². The second-order valence-electron chi connectivity index (χ2n) is 7.45. The average Bonchev–Trinajstić information content (AvgIpc) is 2.68. The quantitative estimate of drug-likeness (QED) is 0.243. The molecule has 8 nitrogen and oxygen atoms in total. The molecule has 1 heterocycles. The van der Waals surface area contributed by atoms with Crippen molar-refractivity contribution in [3.05, 3.63) is 38.2 Å². The predicted molar refractivity (Wildman–Crippen MR) is 121 cm³/mol. The fraction of sp³-hybridized carbons (Fsp3) is 0.667. The van der Waals surface area contributed by atoms with E-state index >= 15 is 0 Å². The van der Waals surface area contributed by atoms with Crippen LogP contribution in [0.4, 0.5) is 0 Å². The number of nitrogens with one attached hydrogen (secondary N) is 3. The van der Waals surface area contributed by atoms with Gasteiger partial charge in [0.05, 0.1) is 18.2 Å². The van der Waals surface area contributed by atoms with E-state index in [0.29, 0.717) is 11.4 Å². The van der Waals surface area contributed by atoms with E-state index in [9.17, 15) is 23.7 Å². The number of aromatic amines is 2. The molecule has 9 heteroatoms. The summed E-state index contributed by atoms with van der Waals surface area (Å²) in [5.41, 5.74) is -0.689. The van der Waals surface area contributed by atoms with Gasteiger partial charge in [-0.2, -0.15) is 0 Å². The summed E-state index contributed by atoms with van der Waals surface area (Å²) in [6.07, 6.45) is 11.8. The van der Waals surface area contributed by atoms with Crippen molar-refractivity contribution in [2.45, 2.75) is 71.3 Å². The number of hydrogen-bond donors (Lipinski definition) is 4. The molecule has 4 N–H and O–H groups in total. The highest BCUT2D eigenvalue weighted by molar-refractivity contribution is 7.85. The third-order valence-electron chi connectivity index (χ3n) is 4.76. The summed E-state index contributed by atoms with van der Waals surface area (Å²) < 4.78 is 12.2. The van der Waals surface area contributed by atoms with Crippen molar-refractivity contribution in [3.63, 3.8) is 0 Å². The van der Waals surface area contributed by atoms with Gasteiger partial charge >= 0.3 is 5.69 Å². The Bertz CT molecular complexity index is 816. The maximum Gasteiger partial charge on any atom is 0.325 e. The molecule has 0 unspecified atom stereocenters. The lowest BCUT2D eigenvalue weighted by atomic mass is 10.1. The van der Waals surface area contributed by atoms with Gasteiger partial charge in [-0.3, -0.25) is 18.8 Å². The van der Waals surface area contributed by atoms with E-state index in [2.05, 4.69) is 22.2 Å². The van der Waals surface area contributed by atoms with Crippen LogP contribution in [0.15, 0.2) is 15.7 Å². The smallest absolute Gasteiger partial charge is 0.325 e. The van der Waals surface area contributed by atoms with E-state index in [1.165, 1.54) is 38.2 Å². The second kappa shape index (κ2) is 14.9. The van der Waals surface area contributed by atoms with E-state index < -0.39 is 34.0 Å². The van der Waals surface area contributed by atoms with Crippen molar-refractivity contribution in [1.29, 1.82) is 0 Å². The predicted octanol–water partition coefficient (Wildman–Crippen LogP) is 1.75. The molecule has 170 valence electrons. The molecule has 0 aliphatic rings. The highest BCUT2D eigenvalue weighted by atomic mass is 32.2. The molecule has 1 rings (SSSR count). The lowest BCUT2D eigenvalue weighted by molar-refractivity contribution is -0.117. The van der Waals surface area contributed by atoms with Gasteiger partial charge in [0, 0.05) is 34.1 Å². The summed E-state index contributed by atoms with van der Waals surface area (Å²) in [5, 5.41) is 12.1. The number of H-pyrrole nitrogens is 2. The number of aliphatic hydroxyl groups excluding tert-OH is 1. The number of hydrogen-bond acceptors (Lipinski definition) is 5. The van der Waals surface area contributed by atoms with Crippen molar-refractivity contribution in [3.8, 4) is 0 Å². The molecular formula is C21H35N3O5S. The first-order valence-electron chi connectivity index (χ1n) is 10.6. The Labute approximate surface area is 180 Å². The van der Waals surface area contributed by atoms with Gasteiger partial charge in [0.1, 0.15) is 0 Å². The Morgan fingerprint density at radius 2 is 1.73 bits per heavy atom. The zero-order valence-corrected chi connectivity index (χ0v) is 18.8. The van der Waals surface area contributed by atoms with Crippen LogP contribution in [0.1, 0.15) is 69.5 Å². The molecule has 0 aliphatic carbocycles. The van der Waals surface area contributed by atoms with Gasteiger partial charge in [0.15, 0.2) is 0 Å². The topological polar surface area (TPSA) is 132 Å². The molecule has 1 aromatic heterocycles. The van der Waals surface area contributed by atoms with Crippen LogP contribution < -0.4 is 16.6 Å². The number of unbranched alkanes of at least 4 members (excludes halogenated alkanes) is 7. The van der Waals surface area contributed by atoms with Crippen LogP contribution >= 0.6 is 0 Å². The minimum atomic E-state index is -1.12. The molecule has 30 heavy (non-hydrogen) atoms. The number of aryl methyl sites for hydroxylation is 1. The average molecular weight is 442 g/mol. The van der Waals surface area contributed by atoms with E-state index in [4.69, 9.17) is 0 Å². The zero-order chi connectivity index (χ0) is 22.4. The Morgan fingerprint density at radius 3 is 2.33 bits per heavy atom. The number of aliphatic hydroxyl groups is 1. The largest absolute Gasteiger partial charge is 0.394 e. The number of amides is 1. The molecule has 0 fully saturated rings. The van der Waals surface area contributed by atoms with Gasteiger partial charge in [-0.05, 0) is 19.4 Å². The molecule has 0 radical (unpaired) electrons. The van der Waals surface area contributed by atoms with Crippen LogP contribution in [0.3, 0.4) is 0 Å². The number of rotatable bonds is 15. The molecule has 0 saturated carbocycles. The van der Waals surface area contributed by atoms with Crippen molar-refractivity contribution in [1.82, 2.24) is 15.3 Å². The number of carbonyl (C=O) groups excluding carboxylic acids is 1. The van der Waals surface area contributed by atoms with Crippen LogP contribution in [0.5, 0.6) is 0 Å². The summed E-state index contributed by atoms with van der Waals surface area (Å²) in [5.74, 6) is 0.233. The molecule has 0 aliphatic heterocycles. The summed E-state index contributed by atoms with van der Waals surface area (Å²) in [4.78, 5) is 39.6. The summed E-state index contributed by atoms with van der Waals surface area (Å²) in [7, 11) is -1.12. The maximum absolute atomic E-state index is 12.2. The molecule has 2 atom stereocenters. The molecule has 1 amide bonds. The molecule has 0 aromatic carbocycles. The second-order valence-corrected chi connectivity index (χ2v) is 9.08. The fourth-order valence-electron chi connectivity index (χ4n) is 3.06. The Morgan fingerprint density at radius 1 is 1.10 bits per heavy atom. The highest BCUT2D eigenvalue weighted by Gasteiger charge is 2.14. The van der Waals surface area contributed by atoms with Crippen LogP contribution in [-0.2, 0) is 15.6 Å². The van der Waals surface area contributed by atoms with Gasteiger partial charge < -0.3 is 15.4 Å². The summed E-state index contributed by atoms with van der Waals surface area (Å²) in [6, 6.07) is -0.619. The van der Waals surface area contributed by atoms with E-state index in [1.807, 2.05) is 0 Å². The van der Waals surface area contributed by atoms with Crippen molar-refractivity contribution < 1.29 is 14.1 Å². The number of aromatic nitrogens is 2. The van der Waals surface area contributed by atoms with E-state index in [1.54, 1.807) is 6.92 Å². The normalized spacial score (nSPS) is 13.4. The summed E-state index contributed by atoms with van der Waals surface area (Å²) >= 11 is 0. The standard InChI is InChI=1S/C21H35N3O5S/c1-3-4-5-6-7-8-9-10-13-30(29)15-17(14-25)23-19(26)12-11-18-16(2)22-21(28)24-20(18)27/h11-12,17,25H,3-10,13-15H2,1-2H3,(H,23,26)(H2,22,24,27,28)/b12-11-/t17-,30+/m1/s1. The van der Waals surface area contributed by atoms with Gasteiger partial charge in [0.2, 0.25) is 5.91 Å². The Balaban J connectivity index is 2.37. The highest BCUT2D eigenvalue weighted by Crippen LogP contribution is 2.09. The lowest BCUT2D eigenvalue weighted by Gasteiger charge is -2.14. The van der Waals surface area contributed by atoms with Crippen LogP contribution in [0.2, 0.25) is 0 Å². The molecule has 1 aromatic rings. The Hall–Kier alpha value is -2.00. The minimum absolute atomic E-state index is 0.170. The van der Waals surface area contributed by atoms with Crippen LogP contribution in [0.25, 0.3) is 6.08 Å². The minimum Gasteiger partial charge on any atom is -0.394 e. The van der Waals surface area contributed by atoms with Crippen molar-refractivity contribution in [2.75, 3.05) is 18.1 Å². The van der Waals surface area contributed by atoms with Gasteiger partial charge in [-0.25, -0.2) is 4.79 Å². The molecule has 0 spiro atoms. The third kappa shape index (κ3) is 10.7. The first kappa shape index (κ1) is 26.0. The van der Waals surface area contributed by atoms with E-state index in [-0.39, 0.29) is 17.9 Å². The SMILES string of the molecule is CCCCCCCCCC[S@](=O)C[C@@H](CO)NC(=O)/C=C\c1c(C)[nH]c(=O)[nH]c1=O. The fourth-order valence-corrected chi connectivity index (χ4v) is 4.39. The van der Waals surface area contributed by atoms with E-state index in [0.717, 1.165) is 25.3 Å². The third-order valence-corrected chi connectivity index (χ3v) is 6.28. The Kier molecular flexibility index (Phi) is 12.9. The van der Waals surface area contributed by atoms with Gasteiger partial charge in [-0.1, -0.05) is 51.9 Å². The zero-order valence-electron chi connectivity index (χ0n) is 18.0. The first-order valence-corrected chi connectivity index (χ1v) is 12.1. The molecule has 0 saturated heterocycles. The lowest BCUT2D eigenvalue weighted by Crippen LogP contribution is -2.40. The van der Waals surface area contributed by atoms with Crippen LogP contribution in [0, 0.1) is 6.92 Å². The summed E-state index contributed by atoms with van der Waals surface area (Å²) in [6.45, 7) is 3.43. The monoisotopic (exact) mass is 441 g/mol. The molecule has 0 bridgehead atoms. The van der Waals surface area contributed by atoms with Crippen molar-refractivity contribution >= 4 is 22.8 Å². The van der Waals surface area contributed by atoms with Crippen LogP contribution in [-0.4, -0.2) is 49.3 Å². The molecular weight excluding hydrogens is 406 g/mol. The van der Waals surface area contributed by atoms with Gasteiger partial charge in [-0.15, -0.1) is 0 Å². The first-order chi connectivity index (χ1) is 14.4. The van der Waals surface area contributed by atoms with Gasteiger partial charge in [0.25, 0.3) is 5.56 Å². The maximum atomic E-state index is 12.2. The number of carbonyl (C=O) groups is 1.